The van der Waals surface area contributed by atoms with Crippen LogP contribution in [-0.4, -0.2) is 142 Å². The largest absolute Gasteiger partial charge is 0.497 e. The first kappa shape index (κ1) is 95.3. The normalized spacial score (nSPS) is 13.8. The molecule has 32 heteroatoms. The van der Waals surface area contributed by atoms with Crippen LogP contribution in [0.2, 0.25) is 5.02 Å². The minimum absolute atomic E-state index is 0.0122. The van der Waals surface area contributed by atoms with E-state index in [-0.39, 0.29) is 89.1 Å². The predicted molar refractivity (Wildman–Crippen MR) is 520 cm³/mol. The third kappa shape index (κ3) is 23.5. The SMILES string of the molecule is CCCCc1ccc(B2OCc3cc(F)ccc32)cc1.CN(C)CCc1ccc(B2OCc3cc(F)ccc32)cc1.CN(C)Cc1ccc(B2OCc3cc(F)ccc32)cc1Cl.CN(C)c1cccc(B2OCc3cc(F)ccc32)c1.COc1ccc(OC)c(B2OCc3cc(F)ccc32)c1.Cc1cscc1B1OCc2cc(F)ccc21.Fc1ccc2c(c1)COB2c1nn[nH]n1. The van der Waals surface area contributed by atoms with Crippen molar-refractivity contribution in [3.8, 4) is 11.5 Å². The van der Waals surface area contributed by atoms with Crippen molar-refractivity contribution in [2.24, 2.45) is 0 Å². The third-order valence-electron chi connectivity index (χ3n) is 23.8. The standard InChI is InChI=1S/C17H19BFNO.C17H18BFO.C16H16BClFNO.C15H15BFNO.C15H14BFO3.C12H10BFOS.C8H6BFN4O/c1-20(2)10-9-13-3-5-15(6-4-13)18-17-8-7-16(19)11-14(17)12-21-18;1-2-3-4-13-5-7-15(8-6-13)18-17-10-9-16(19)11-14(17)12-20-18;1-20(2)9-11-3-4-13(8-16(11)18)17-15-6-5-14(19)7-12(15)10-21-17;1-18(2)14-5-3-4-12(9-14)16-15-7-6-13(17)8-11(15)10-19-16;1-18-12-4-6-15(19-2)14(8-12)16-13-5-3-11(17)7-10(13)9-20-16;1-8-6-16-7-12(8)13-11-3-2-10(14)4-9(11)5-15-13;10-6-1-2-7-5(3-6)4-15-9(7)8-11-13-14-12-8/h3-8,11H,9-10,12H2,1-2H3;5-11H,2-4,12H2,1H3;3-8H,9-10H2,1-2H3;3-9H,10H2,1-2H3;3-8H,9H2,1-2H3;2-4,6-7H,5H2,1H3;1-3H,4H2,(H,11,12,13,14). The number of aromatic amines is 1. The molecule has 0 amide bonds. The molecule has 132 heavy (non-hydrogen) atoms. The Kier molecular flexibility index (Phi) is 32.1. The third-order valence-corrected chi connectivity index (χ3v) is 25.1. The van der Waals surface area contributed by atoms with E-state index in [4.69, 9.17) is 53.7 Å². The summed E-state index contributed by atoms with van der Waals surface area (Å²) in [5.74, 6) is -0.0444. The Labute approximate surface area is 778 Å². The van der Waals surface area contributed by atoms with Gasteiger partial charge in [0.05, 0.1) is 60.5 Å². The average molecular weight is 1820 g/mol. The van der Waals surface area contributed by atoms with Crippen molar-refractivity contribution in [3.05, 3.63) is 354 Å². The Bertz CT molecular complexity index is 6310. The highest BCUT2D eigenvalue weighted by Crippen LogP contribution is 2.25. The van der Waals surface area contributed by atoms with Gasteiger partial charge >= 0.3 is 48.4 Å². The minimum atomic E-state index is -0.334. The molecule has 0 fully saturated rings. The summed E-state index contributed by atoms with van der Waals surface area (Å²) in [5.41, 5.74) is 26.8. The summed E-state index contributed by atoms with van der Waals surface area (Å²) in [5, 5.41) is 18.5. The van der Waals surface area contributed by atoms with Crippen molar-refractivity contribution in [1.82, 2.24) is 30.4 Å². The number of tetrazole rings is 1. The van der Waals surface area contributed by atoms with Crippen LogP contribution in [0.5, 0.6) is 11.5 Å². The summed E-state index contributed by atoms with van der Waals surface area (Å²) in [7, 11) is 15.4. The van der Waals surface area contributed by atoms with E-state index in [9.17, 15) is 30.7 Å². The van der Waals surface area contributed by atoms with Crippen molar-refractivity contribution in [2.75, 3.05) is 68.0 Å². The molecule has 0 bridgehead atoms. The van der Waals surface area contributed by atoms with Gasteiger partial charge in [0.2, 0.25) is 0 Å². The molecule has 1 N–H and O–H groups in total. The van der Waals surface area contributed by atoms with Crippen molar-refractivity contribution in [1.29, 1.82) is 0 Å². The lowest BCUT2D eigenvalue weighted by Gasteiger charge is -2.15. The molecule has 0 atom stereocenters. The van der Waals surface area contributed by atoms with E-state index < -0.39 is 0 Å². The summed E-state index contributed by atoms with van der Waals surface area (Å²) in [6, 6.07) is 70.7. The number of methoxy groups -OCH3 is 2. The molecule has 7 aliphatic heterocycles. The molecule has 21 rings (SSSR count). The Hall–Kier alpha value is -11.3. The van der Waals surface area contributed by atoms with E-state index in [1.165, 1.54) is 95.7 Å². The Morgan fingerprint density at radius 1 is 0.394 bits per heavy atom. The lowest BCUT2D eigenvalue weighted by Crippen LogP contribution is -2.43. The van der Waals surface area contributed by atoms with Crippen LogP contribution in [0.4, 0.5) is 36.4 Å². The number of unbranched alkanes of at least 4 members (excludes halogenated alkanes) is 1. The maximum Gasteiger partial charge on any atom is 0.410 e. The van der Waals surface area contributed by atoms with Gasteiger partial charge in [-0.05, 0) is 313 Å². The second-order valence-corrected chi connectivity index (χ2v) is 35.0. The van der Waals surface area contributed by atoms with E-state index >= 15 is 0 Å². The molecule has 12 aromatic carbocycles. The first-order valence-electron chi connectivity index (χ1n) is 43.7. The van der Waals surface area contributed by atoms with E-state index in [0.29, 0.717) is 52.0 Å². The number of hydrogen-bond donors (Lipinski definition) is 1. The van der Waals surface area contributed by atoms with E-state index in [0.717, 1.165) is 158 Å². The number of fused-ring (bicyclic) bond motifs is 7. The van der Waals surface area contributed by atoms with Gasteiger partial charge in [0.1, 0.15) is 52.2 Å². The molecule has 7 aliphatic rings. The van der Waals surface area contributed by atoms with Crippen LogP contribution in [0, 0.1) is 47.6 Å². The average Bonchev–Trinajstić information content (AvgIpc) is 1.63. The number of aromatic nitrogens is 4. The van der Waals surface area contributed by atoms with Gasteiger partial charge in [-0.25, -0.2) is 30.7 Å². The van der Waals surface area contributed by atoms with Gasteiger partial charge in [-0.15, -0.1) is 10.2 Å². The fraction of sp³-hybridized carbons (Fsp3) is 0.230. The number of thiophene rings is 1. The zero-order valence-electron chi connectivity index (χ0n) is 75.2. The van der Waals surface area contributed by atoms with Crippen molar-refractivity contribution >= 4 is 154 Å². The lowest BCUT2D eigenvalue weighted by molar-refractivity contribution is 0.334. The highest BCUT2D eigenvalue weighted by atomic mass is 35.5. The number of likely N-dealkylation sites (N-methyl/N-ethyl adjacent to an activating group) is 1. The van der Waals surface area contributed by atoms with Gasteiger partial charge in [-0.2, -0.15) is 16.6 Å². The second-order valence-electron chi connectivity index (χ2n) is 33.8. The second kappa shape index (κ2) is 44.5. The van der Waals surface area contributed by atoms with Crippen LogP contribution in [0.3, 0.4) is 0 Å². The van der Waals surface area contributed by atoms with Gasteiger partial charge in [0.25, 0.3) is 0 Å². The maximum absolute atomic E-state index is 13.3. The number of anilines is 1. The molecule has 0 saturated carbocycles. The maximum atomic E-state index is 13.3. The number of nitrogens with one attached hydrogen (secondary N) is 1. The highest BCUT2D eigenvalue weighted by molar-refractivity contribution is 7.10. The van der Waals surface area contributed by atoms with Gasteiger partial charge in [0.15, 0.2) is 5.72 Å². The van der Waals surface area contributed by atoms with Crippen molar-refractivity contribution < 1.29 is 72.8 Å². The molecule has 0 saturated heterocycles. The van der Waals surface area contributed by atoms with Crippen LogP contribution < -0.4 is 91.1 Å². The molecular formula is C100H98B7ClF7N7O9S. The summed E-state index contributed by atoms with van der Waals surface area (Å²) >= 11 is 8.04. The van der Waals surface area contributed by atoms with Gasteiger partial charge in [-0.1, -0.05) is 145 Å². The number of rotatable bonds is 18. The van der Waals surface area contributed by atoms with E-state index in [2.05, 4.69) is 141 Å². The van der Waals surface area contributed by atoms with Crippen LogP contribution in [0.1, 0.15) is 81.0 Å². The molecule has 16 nitrogen and oxygen atoms in total. The number of H-pyrrole nitrogens is 1. The first-order valence-corrected chi connectivity index (χ1v) is 45.1. The van der Waals surface area contributed by atoms with Crippen molar-refractivity contribution in [2.45, 2.75) is 92.3 Å². The lowest BCUT2D eigenvalue weighted by atomic mass is 9.55. The zero-order valence-corrected chi connectivity index (χ0v) is 76.8. The number of aryl methyl sites for hydroxylation is 2. The fourth-order valence-corrected chi connectivity index (χ4v) is 18.0. The van der Waals surface area contributed by atoms with Crippen LogP contribution in [-0.2, 0) is 98.2 Å². The Morgan fingerprint density at radius 2 is 0.788 bits per heavy atom. The molecule has 670 valence electrons. The number of benzene rings is 12. The minimum Gasteiger partial charge on any atom is -0.497 e. The Morgan fingerprint density at radius 3 is 1.17 bits per heavy atom. The summed E-state index contributed by atoms with van der Waals surface area (Å²) in [4.78, 5) is 6.31. The molecule has 0 radical (unpaired) electrons. The van der Waals surface area contributed by atoms with Crippen molar-refractivity contribution in [3.63, 3.8) is 0 Å². The van der Waals surface area contributed by atoms with Crippen LogP contribution >= 0.6 is 22.9 Å². The van der Waals surface area contributed by atoms with Gasteiger partial charge in [-0.3, -0.25) is 0 Å². The zero-order chi connectivity index (χ0) is 92.6. The smallest absolute Gasteiger partial charge is 0.410 e. The molecule has 14 aromatic rings. The van der Waals surface area contributed by atoms with Gasteiger partial charge in [0, 0.05) is 43.4 Å². The molecule has 0 spiro atoms. The number of ether oxygens (including phenoxy) is 2. The topological polar surface area (TPSA) is 147 Å². The molecule has 9 heterocycles. The van der Waals surface area contributed by atoms with Gasteiger partial charge < -0.3 is 56.8 Å². The van der Waals surface area contributed by atoms with E-state index in [1.807, 2.05) is 94.9 Å². The number of halogens is 8. The number of hydrogen-bond acceptors (Lipinski definition) is 16. The predicted octanol–water partition coefficient (Wildman–Crippen LogP) is 10.4. The molecule has 2 aromatic heterocycles. The fourth-order valence-electron chi connectivity index (χ4n) is 16.9. The molecule has 0 unspecified atom stereocenters. The first-order chi connectivity index (χ1) is 63.9. The van der Waals surface area contributed by atoms with Crippen LogP contribution in [0.15, 0.2) is 247 Å². The highest BCUT2D eigenvalue weighted by Gasteiger charge is 2.39. The number of nitrogens with zero attached hydrogens (tertiary/aromatic N) is 6. The summed E-state index contributed by atoms with van der Waals surface area (Å²) in [6.07, 6.45) is 4.61. The Balaban J connectivity index is 0.000000118. The van der Waals surface area contributed by atoms with E-state index in [1.54, 1.807) is 68.0 Å². The molecular weight excluding hydrogens is 1720 g/mol. The monoisotopic (exact) mass is 1820 g/mol. The summed E-state index contributed by atoms with van der Waals surface area (Å²) in [6.45, 7) is 8.35. The molecule has 0 aliphatic carbocycles. The quantitative estimate of drug-likeness (QED) is 0.0641. The summed E-state index contributed by atoms with van der Waals surface area (Å²) < 4.78 is 143. The van der Waals surface area contributed by atoms with Crippen LogP contribution in [0.25, 0.3) is 0 Å².